The third kappa shape index (κ3) is 4.46. The summed E-state index contributed by atoms with van der Waals surface area (Å²) in [5, 5.41) is 5.76. The largest absolute Gasteiger partial charge is 0.316 e. The predicted molar refractivity (Wildman–Crippen MR) is 68.3 cm³/mol. The molecule has 0 saturated carbocycles. The quantitative estimate of drug-likeness (QED) is 0.866. The van der Waals surface area contributed by atoms with Crippen LogP contribution in [0.15, 0.2) is 18.3 Å². The van der Waals surface area contributed by atoms with Gasteiger partial charge in [0, 0.05) is 6.54 Å². The van der Waals surface area contributed by atoms with Crippen molar-refractivity contribution in [3.63, 3.8) is 0 Å². The Morgan fingerprint density at radius 2 is 2.24 bits per heavy atom. The Labute approximate surface area is 111 Å². The number of halogens is 3. The van der Waals surface area contributed by atoms with Gasteiger partial charge >= 0.3 is 0 Å². The van der Waals surface area contributed by atoms with Crippen molar-refractivity contribution in [1.29, 1.82) is 0 Å². The van der Waals surface area contributed by atoms with E-state index in [1.165, 1.54) is 12.1 Å². The summed E-state index contributed by atoms with van der Waals surface area (Å²) in [4.78, 5) is 15.4. The van der Waals surface area contributed by atoms with Crippen LogP contribution in [-0.2, 0) is 4.79 Å². The lowest BCUT2D eigenvalue weighted by molar-refractivity contribution is -0.119. The number of aromatic nitrogens is 1. The highest BCUT2D eigenvalue weighted by Gasteiger charge is 2.22. The summed E-state index contributed by atoms with van der Waals surface area (Å²) in [6.07, 6.45) is 1.93. The van der Waals surface area contributed by atoms with E-state index in [9.17, 15) is 9.18 Å². The summed E-state index contributed by atoms with van der Waals surface area (Å²) in [7, 11) is 0. The predicted octanol–water partition coefficient (Wildman–Crippen LogP) is 1.61. The molecule has 1 aliphatic rings. The molecule has 0 aliphatic carbocycles. The molecule has 2 rings (SSSR count). The monoisotopic (exact) mass is 281 g/mol. The van der Waals surface area contributed by atoms with Crippen LogP contribution in [-0.4, -0.2) is 24.0 Å². The second-order valence-electron chi connectivity index (χ2n) is 3.54. The summed E-state index contributed by atoms with van der Waals surface area (Å²) in [5.41, 5.74) is 0. The summed E-state index contributed by atoms with van der Waals surface area (Å²) < 4.78 is 12.5. The lowest BCUT2D eigenvalue weighted by atomic mass is 10.1. The first-order valence-corrected chi connectivity index (χ1v) is 4.89. The number of anilines is 1. The summed E-state index contributed by atoms with van der Waals surface area (Å²) >= 11 is 0. The minimum absolute atomic E-state index is 0. The molecule has 17 heavy (non-hydrogen) atoms. The molecule has 0 spiro atoms. The van der Waals surface area contributed by atoms with Gasteiger partial charge in [-0.2, -0.15) is 0 Å². The van der Waals surface area contributed by atoms with Gasteiger partial charge < -0.3 is 10.6 Å². The van der Waals surface area contributed by atoms with Crippen LogP contribution in [0.3, 0.4) is 0 Å². The van der Waals surface area contributed by atoms with E-state index >= 15 is 0 Å². The van der Waals surface area contributed by atoms with E-state index in [1.54, 1.807) is 0 Å². The number of pyridine rings is 1. The zero-order chi connectivity index (χ0) is 10.7. The molecular formula is C10H14Cl2FN3O. The Bertz CT molecular complexity index is 355. The Kier molecular flexibility index (Phi) is 7.03. The van der Waals surface area contributed by atoms with Gasteiger partial charge in [0.1, 0.15) is 11.6 Å². The molecule has 0 aromatic carbocycles. The van der Waals surface area contributed by atoms with E-state index in [0.717, 1.165) is 19.2 Å². The van der Waals surface area contributed by atoms with Gasteiger partial charge in [-0.1, -0.05) is 0 Å². The van der Waals surface area contributed by atoms with Crippen LogP contribution in [0.5, 0.6) is 0 Å². The third-order valence-corrected chi connectivity index (χ3v) is 2.41. The van der Waals surface area contributed by atoms with Crippen molar-refractivity contribution in [2.45, 2.75) is 6.42 Å². The van der Waals surface area contributed by atoms with Gasteiger partial charge in [-0.15, -0.1) is 24.8 Å². The van der Waals surface area contributed by atoms with Crippen LogP contribution in [0.25, 0.3) is 0 Å². The molecule has 1 fully saturated rings. The smallest absolute Gasteiger partial charge is 0.229 e. The summed E-state index contributed by atoms with van der Waals surface area (Å²) in [5.74, 6) is -0.0696. The molecular weight excluding hydrogens is 268 g/mol. The maximum absolute atomic E-state index is 12.5. The fourth-order valence-corrected chi connectivity index (χ4v) is 1.56. The molecule has 1 atom stereocenters. The van der Waals surface area contributed by atoms with E-state index in [1.807, 2.05) is 0 Å². The number of carbonyl (C=O) groups excluding carboxylic acids is 1. The van der Waals surface area contributed by atoms with E-state index in [0.29, 0.717) is 12.4 Å². The van der Waals surface area contributed by atoms with E-state index in [2.05, 4.69) is 15.6 Å². The number of hydrogen-bond donors (Lipinski definition) is 2. The molecule has 2 N–H and O–H groups in total. The van der Waals surface area contributed by atoms with Crippen molar-refractivity contribution in [2.24, 2.45) is 5.92 Å². The minimum atomic E-state index is -0.407. The Morgan fingerprint density at radius 3 is 2.76 bits per heavy atom. The Balaban J connectivity index is 0.00000128. The first-order valence-electron chi connectivity index (χ1n) is 4.89. The van der Waals surface area contributed by atoms with Crippen molar-refractivity contribution in [3.8, 4) is 0 Å². The third-order valence-electron chi connectivity index (χ3n) is 2.41. The van der Waals surface area contributed by atoms with Crippen molar-refractivity contribution in [1.82, 2.24) is 10.3 Å². The van der Waals surface area contributed by atoms with E-state index in [4.69, 9.17) is 0 Å². The van der Waals surface area contributed by atoms with Crippen LogP contribution in [0.4, 0.5) is 10.2 Å². The Morgan fingerprint density at radius 1 is 1.47 bits per heavy atom. The van der Waals surface area contributed by atoms with Gasteiger partial charge in [-0.25, -0.2) is 9.37 Å². The first kappa shape index (κ1) is 16.1. The molecule has 1 saturated heterocycles. The van der Waals surface area contributed by atoms with Gasteiger partial charge in [0.25, 0.3) is 0 Å². The summed E-state index contributed by atoms with van der Waals surface area (Å²) in [6.45, 7) is 1.57. The normalized spacial score (nSPS) is 17.8. The fraction of sp³-hybridized carbons (Fsp3) is 0.400. The van der Waals surface area contributed by atoms with Gasteiger partial charge in [0.15, 0.2) is 0 Å². The number of nitrogens with zero attached hydrogens (tertiary/aromatic N) is 1. The van der Waals surface area contributed by atoms with Crippen molar-refractivity contribution < 1.29 is 9.18 Å². The zero-order valence-corrected chi connectivity index (χ0v) is 10.6. The second kappa shape index (κ2) is 7.42. The van der Waals surface area contributed by atoms with Gasteiger partial charge in [0.05, 0.1) is 12.1 Å². The molecule has 96 valence electrons. The van der Waals surface area contributed by atoms with Crippen LogP contribution in [0.2, 0.25) is 0 Å². The lowest BCUT2D eigenvalue weighted by Gasteiger charge is -2.08. The number of amides is 1. The first-order chi connectivity index (χ1) is 7.25. The number of nitrogens with one attached hydrogen (secondary N) is 2. The molecule has 1 aromatic heterocycles. The highest BCUT2D eigenvalue weighted by Crippen LogP contribution is 2.11. The number of hydrogen-bond acceptors (Lipinski definition) is 3. The topological polar surface area (TPSA) is 54.0 Å². The molecule has 0 bridgehead atoms. The van der Waals surface area contributed by atoms with Crippen molar-refractivity contribution in [2.75, 3.05) is 18.4 Å². The highest BCUT2D eigenvalue weighted by atomic mass is 35.5. The zero-order valence-electron chi connectivity index (χ0n) is 8.98. The van der Waals surface area contributed by atoms with Crippen LogP contribution in [0, 0.1) is 11.7 Å². The van der Waals surface area contributed by atoms with Crippen molar-refractivity contribution >= 4 is 36.5 Å². The molecule has 1 unspecified atom stereocenters. The molecule has 1 aromatic rings. The standard InChI is InChI=1S/C10H12FN3O.2ClH/c11-8-1-2-9(13-6-8)14-10(15)7-3-4-12-5-7;;/h1-2,6-7,12H,3-5H2,(H,13,14,15);2*1H. The molecule has 1 amide bonds. The molecule has 2 heterocycles. The Hall–Kier alpha value is -0.910. The molecule has 0 radical (unpaired) electrons. The van der Waals surface area contributed by atoms with E-state index in [-0.39, 0.29) is 36.6 Å². The SMILES string of the molecule is Cl.Cl.O=C(Nc1ccc(F)cn1)C1CCNC1. The molecule has 7 heteroatoms. The molecule has 4 nitrogen and oxygen atoms in total. The average molecular weight is 282 g/mol. The van der Waals surface area contributed by atoms with Gasteiger partial charge in [0.2, 0.25) is 5.91 Å². The van der Waals surface area contributed by atoms with Crippen LogP contribution in [0.1, 0.15) is 6.42 Å². The lowest BCUT2D eigenvalue weighted by Crippen LogP contribution is -2.25. The number of rotatable bonds is 2. The van der Waals surface area contributed by atoms with E-state index < -0.39 is 5.82 Å². The molecule has 1 aliphatic heterocycles. The van der Waals surface area contributed by atoms with Crippen LogP contribution >= 0.6 is 24.8 Å². The van der Waals surface area contributed by atoms with Gasteiger partial charge in [-0.05, 0) is 25.1 Å². The summed E-state index contributed by atoms with van der Waals surface area (Å²) in [6, 6.07) is 2.73. The van der Waals surface area contributed by atoms with Crippen molar-refractivity contribution in [3.05, 3.63) is 24.1 Å². The number of carbonyl (C=O) groups is 1. The minimum Gasteiger partial charge on any atom is -0.316 e. The maximum atomic E-state index is 12.5. The van der Waals surface area contributed by atoms with Gasteiger partial charge in [-0.3, -0.25) is 4.79 Å². The fourth-order valence-electron chi connectivity index (χ4n) is 1.56. The highest BCUT2D eigenvalue weighted by molar-refractivity contribution is 5.92. The average Bonchev–Trinajstić information content (AvgIpc) is 2.74. The van der Waals surface area contributed by atoms with Crippen LogP contribution < -0.4 is 10.6 Å². The second-order valence-corrected chi connectivity index (χ2v) is 3.54. The maximum Gasteiger partial charge on any atom is 0.229 e.